The van der Waals surface area contributed by atoms with Crippen molar-refractivity contribution >= 4 is 30.5 Å². The summed E-state index contributed by atoms with van der Waals surface area (Å²) in [4.78, 5) is 13.4. The third-order valence-corrected chi connectivity index (χ3v) is 4.24. The van der Waals surface area contributed by atoms with E-state index in [4.69, 9.17) is 0 Å². The van der Waals surface area contributed by atoms with Gasteiger partial charge in [0.15, 0.2) is 0 Å². The topological polar surface area (TPSA) is 58.4 Å². The highest BCUT2D eigenvalue weighted by Crippen LogP contribution is 2.30. The van der Waals surface area contributed by atoms with Crippen LogP contribution in [0.25, 0.3) is 0 Å². The summed E-state index contributed by atoms with van der Waals surface area (Å²) in [6.07, 6.45) is 3.36. The van der Waals surface area contributed by atoms with Crippen LogP contribution in [-0.2, 0) is 0 Å². The van der Waals surface area contributed by atoms with Gasteiger partial charge in [-0.05, 0) is 18.9 Å². The van der Waals surface area contributed by atoms with Gasteiger partial charge in [-0.15, -0.1) is 24.8 Å². The highest BCUT2D eigenvalue weighted by molar-refractivity contribution is 5.85. The molecular weight excluding hydrogens is 337 g/mol. The summed E-state index contributed by atoms with van der Waals surface area (Å²) in [6.45, 7) is 8.00. The van der Waals surface area contributed by atoms with Crippen LogP contribution in [0.3, 0.4) is 0 Å². The van der Waals surface area contributed by atoms with Crippen LogP contribution in [0.4, 0.5) is 5.69 Å². The van der Waals surface area contributed by atoms with Crippen LogP contribution < -0.4 is 5.32 Å². The summed E-state index contributed by atoms with van der Waals surface area (Å²) in [5.41, 5.74) is 2.06. The Morgan fingerprint density at radius 1 is 1.30 bits per heavy atom. The average Bonchev–Trinajstić information content (AvgIpc) is 2.50. The molecule has 1 fully saturated rings. The van der Waals surface area contributed by atoms with Gasteiger partial charge in [0, 0.05) is 43.9 Å². The molecule has 0 amide bonds. The second-order valence-corrected chi connectivity index (χ2v) is 5.75. The Labute approximate surface area is 150 Å². The van der Waals surface area contributed by atoms with E-state index in [1.807, 2.05) is 6.07 Å². The normalized spacial score (nSPS) is 16.1. The van der Waals surface area contributed by atoms with Crippen LogP contribution >= 0.6 is 24.8 Å². The Hall–Kier alpha value is -0.880. The Balaban J connectivity index is 0.00000242. The maximum atomic E-state index is 11.2. The van der Waals surface area contributed by atoms with E-state index in [-0.39, 0.29) is 35.4 Å². The molecule has 23 heavy (non-hydrogen) atoms. The standard InChI is InChI=1S/C16H25N3O2.2ClH/c1-3-4-5-15(18-10-8-17-9-11-18)14-7-6-13(2)16(12-14)19(20)21;;/h6-7,12,15,17H,3-5,8-11H2,1-2H3;2*1H/t15-;;/m1../s1. The molecule has 1 aliphatic rings. The van der Waals surface area contributed by atoms with Crippen molar-refractivity contribution in [1.82, 2.24) is 10.2 Å². The highest BCUT2D eigenvalue weighted by atomic mass is 35.5. The van der Waals surface area contributed by atoms with E-state index >= 15 is 0 Å². The number of nitrogens with one attached hydrogen (secondary N) is 1. The molecule has 1 aromatic carbocycles. The maximum absolute atomic E-state index is 11.2. The number of rotatable bonds is 6. The molecular formula is C16H27Cl2N3O2. The third-order valence-electron chi connectivity index (χ3n) is 4.24. The number of aryl methyl sites for hydroxylation is 1. The van der Waals surface area contributed by atoms with E-state index in [9.17, 15) is 10.1 Å². The molecule has 7 heteroatoms. The van der Waals surface area contributed by atoms with Gasteiger partial charge in [-0.25, -0.2) is 0 Å². The number of piperazine rings is 1. The van der Waals surface area contributed by atoms with Gasteiger partial charge in [0.1, 0.15) is 0 Å². The number of nitro groups is 1. The Kier molecular flexibility index (Phi) is 10.4. The molecule has 0 saturated carbocycles. The molecule has 1 atom stereocenters. The van der Waals surface area contributed by atoms with Crippen molar-refractivity contribution in [3.63, 3.8) is 0 Å². The number of benzene rings is 1. The molecule has 0 unspecified atom stereocenters. The molecule has 0 aromatic heterocycles. The van der Waals surface area contributed by atoms with Gasteiger partial charge in [-0.2, -0.15) is 0 Å². The van der Waals surface area contributed by atoms with Gasteiger partial charge >= 0.3 is 0 Å². The number of hydrogen-bond donors (Lipinski definition) is 1. The van der Waals surface area contributed by atoms with E-state index in [1.165, 1.54) is 0 Å². The van der Waals surface area contributed by atoms with E-state index in [0.717, 1.165) is 56.6 Å². The smallest absolute Gasteiger partial charge is 0.272 e. The lowest BCUT2D eigenvalue weighted by molar-refractivity contribution is -0.385. The average molecular weight is 364 g/mol. The van der Waals surface area contributed by atoms with Crippen LogP contribution in [0.15, 0.2) is 18.2 Å². The lowest BCUT2D eigenvalue weighted by Gasteiger charge is -2.35. The van der Waals surface area contributed by atoms with Crippen molar-refractivity contribution in [2.24, 2.45) is 0 Å². The summed E-state index contributed by atoms with van der Waals surface area (Å²) in [6, 6.07) is 6.02. The molecule has 1 N–H and O–H groups in total. The summed E-state index contributed by atoms with van der Waals surface area (Å²) >= 11 is 0. The number of nitrogens with zero attached hydrogens (tertiary/aromatic N) is 2. The van der Waals surface area contributed by atoms with Crippen molar-refractivity contribution < 1.29 is 4.92 Å². The fourth-order valence-corrected chi connectivity index (χ4v) is 2.98. The second-order valence-electron chi connectivity index (χ2n) is 5.75. The minimum Gasteiger partial charge on any atom is -0.314 e. The zero-order chi connectivity index (χ0) is 15.2. The van der Waals surface area contributed by atoms with Crippen molar-refractivity contribution in [2.75, 3.05) is 26.2 Å². The van der Waals surface area contributed by atoms with Crippen molar-refractivity contribution in [3.05, 3.63) is 39.4 Å². The van der Waals surface area contributed by atoms with Crippen LogP contribution in [0, 0.1) is 17.0 Å². The molecule has 0 bridgehead atoms. The Morgan fingerprint density at radius 2 is 1.96 bits per heavy atom. The van der Waals surface area contributed by atoms with Crippen LogP contribution in [0.2, 0.25) is 0 Å². The van der Waals surface area contributed by atoms with Gasteiger partial charge in [-0.3, -0.25) is 15.0 Å². The first-order valence-electron chi connectivity index (χ1n) is 7.83. The van der Waals surface area contributed by atoms with Gasteiger partial charge in [0.2, 0.25) is 0 Å². The van der Waals surface area contributed by atoms with Crippen LogP contribution in [0.1, 0.15) is 43.4 Å². The Morgan fingerprint density at radius 3 is 2.52 bits per heavy atom. The summed E-state index contributed by atoms with van der Waals surface area (Å²) in [7, 11) is 0. The minimum absolute atomic E-state index is 0. The molecule has 0 radical (unpaired) electrons. The van der Waals surface area contributed by atoms with E-state index in [2.05, 4.69) is 23.2 Å². The molecule has 0 aliphatic carbocycles. The fourth-order valence-electron chi connectivity index (χ4n) is 2.98. The molecule has 132 valence electrons. The van der Waals surface area contributed by atoms with E-state index in [0.29, 0.717) is 6.04 Å². The zero-order valence-corrected chi connectivity index (χ0v) is 15.4. The predicted molar refractivity (Wildman–Crippen MR) is 99.0 cm³/mol. The number of hydrogen-bond acceptors (Lipinski definition) is 4. The quantitative estimate of drug-likeness (QED) is 0.615. The molecule has 1 saturated heterocycles. The van der Waals surface area contributed by atoms with E-state index in [1.54, 1.807) is 13.0 Å². The summed E-state index contributed by atoms with van der Waals surface area (Å²) < 4.78 is 0. The first-order chi connectivity index (χ1) is 10.1. The van der Waals surface area contributed by atoms with Gasteiger partial charge < -0.3 is 5.32 Å². The van der Waals surface area contributed by atoms with Crippen LogP contribution in [0.5, 0.6) is 0 Å². The molecule has 1 heterocycles. The van der Waals surface area contributed by atoms with Crippen molar-refractivity contribution in [3.8, 4) is 0 Å². The summed E-state index contributed by atoms with van der Waals surface area (Å²) in [5, 5.41) is 14.5. The number of unbranched alkanes of at least 4 members (excludes halogenated alkanes) is 1. The zero-order valence-electron chi connectivity index (χ0n) is 13.8. The lowest BCUT2D eigenvalue weighted by Crippen LogP contribution is -2.45. The van der Waals surface area contributed by atoms with Crippen molar-refractivity contribution in [1.29, 1.82) is 0 Å². The number of nitro benzene ring substituents is 1. The van der Waals surface area contributed by atoms with Gasteiger partial charge in [-0.1, -0.05) is 31.9 Å². The number of halogens is 2. The largest absolute Gasteiger partial charge is 0.314 e. The molecule has 5 nitrogen and oxygen atoms in total. The first kappa shape index (κ1) is 22.1. The molecule has 1 aromatic rings. The van der Waals surface area contributed by atoms with Gasteiger partial charge in [0.05, 0.1) is 4.92 Å². The third kappa shape index (κ3) is 5.92. The first-order valence-corrected chi connectivity index (χ1v) is 7.83. The maximum Gasteiger partial charge on any atom is 0.272 e. The lowest BCUT2D eigenvalue weighted by atomic mass is 9.97. The fraction of sp³-hybridized carbons (Fsp3) is 0.625. The van der Waals surface area contributed by atoms with E-state index < -0.39 is 0 Å². The summed E-state index contributed by atoms with van der Waals surface area (Å²) in [5.74, 6) is 0. The Bertz CT molecular complexity index is 494. The van der Waals surface area contributed by atoms with Crippen LogP contribution in [-0.4, -0.2) is 36.0 Å². The highest BCUT2D eigenvalue weighted by Gasteiger charge is 2.23. The molecule has 2 rings (SSSR count). The van der Waals surface area contributed by atoms with Crippen molar-refractivity contribution in [2.45, 2.75) is 39.2 Å². The monoisotopic (exact) mass is 363 g/mol. The van der Waals surface area contributed by atoms with Gasteiger partial charge in [0.25, 0.3) is 5.69 Å². The predicted octanol–water partition coefficient (Wildman–Crippen LogP) is 3.88. The molecule has 1 aliphatic heterocycles. The minimum atomic E-state index is -0.270. The second kappa shape index (κ2) is 10.8. The SMILES string of the molecule is CCCC[C@H](c1ccc(C)c([N+](=O)[O-])c1)N1CCNCC1.Cl.Cl. The molecule has 0 spiro atoms.